The van der Waals surface area contributed by atoms with E-state index in [1.54, 1.807) is 18.2 Å². The molecule has 7 nitrogen and oxygen atoms in total. The lowest BCUT2D eigenvalue weighted by Gasteiger charge is -2.21. The van der Waals surface area contributed by atoms with Gasteiger partial charge in [-0.2, -0.15) is 5.26 Å². The van der Waals surface area contributed by atoms with Crippen molar-refractivity contribution in [1.29, 1.82) is 5.26 Å². The van der Waals surface area contributed by atoms with Gasteiger partial charge < -0.3 is 24.3 Å². The van der Waals surface area contributed by atoms with Gasteiger partial charge in [-0.25, -0.2) is 0 Å². The molecule has 0 unspecified atom stereocenters. The van der Waals surface area contributed by atoms with E-state index in [1.165, 1.54) is 7.11 Å². The van der Waals surface area contributed by atoms with Crippen LogP contribution in [0.15, 0.2) is 36.4 Å². The summed E-state index contributed by atoms with van der Waals surface area (Å²) in [6, 6.07) is 12.7. The van der Waals surface area contributed by atoms with Crippen molar-refractivity contribution in [3.05, 3.63) is 47.5 Å². The highest BCUT2D eigenvalue weighted by Crippen LogP contribution is 2.33. The average Bonchev–Trinajstić information content (AvgIpc) is 2.75. The van der Waals surface area contributed by atoms with Crippen LogP contribution in [0.3, 0.4) is 0 Å². The molecule has 0 fully saturated rings. The SMILES string of the molecule is COc1cc(C#N)ccc1OCCCC(=O)NCc1cccc2c1OCCO2. The molecule has 0 aromatic heterocycles. The first-order valence-electron chi connectivity index (χ1n) is 9.06. The van der Waals surface area contributed by atoms with Crippen LogP contribution in [0, 0.1) is 11.3 Å². The monoisotopic (exact) mass is 382 g/mol. The molecular weight excluding hydrogens is 360 g/mol. The van der Waals surface area contributed by atoms with Crippen molar-refractivity contribution in [1.82, 2.24) is 5.32 Å². The number of methoxy groups -OCH3 is 1. The molecule has 0 radical (unpaired) electrons. The zero-order valence-electron chi connectivity index (χ0n) is 15.7. The Hall–Kier alpha value is -3.40. The maximum atomic E-state index is 12.1. The molecule has 0 atom stereocenters. The van der Waals surface area contributed by atoms with Gasteiger partial charge >= 0.3 is 0 Å². The number of amides is 1. The first-order chi connectivity index (χ1) is 13.7. The van der Waals surface area contributed by atoms with Gasteiger partial charge in [-0.15, -0.1) is 0 Å². The van der Waals surface area contributed by atoms with E-state index in [0.29, 0.717) is 67.8 Å². The van der Waals surface area contributed by atoms with E-state index < -0.39 is 0 Å². The van der Waals surface area contributed by atoms with Crippen molar-refractivity contribution >= 4 is 5.91 Å². The largest absolute Gasteiger partial charge is 0.493 e. The Balaban J connectivity index is 1.43. The predicted molar refractivity (Wildman–Crippen MR) is 102 cm³/mol. The highest BCUT2D eigenvalue weighted by atomic mass is 16.6. The van der Waals surface area contributed by atoms with Crippen LogP contribution >= 0.6 is 0 Å². The summed E-state index contributed by atoms with van der Waals surface area (Å²) >= 11 is 0. The standard InChI is InChI=1S/C21H22N2O5/c1-25-19-12-15(13-22)7-8-17(19)26-9-3-6-20(24)23-14-16-4-2-5-18-21(16)28-11-10-27-18/h2,4-5,7-8,12H,3,6,9-11,14H2,1H3,(H,23,24). The zero-order valence-corrected chi connectivity index (χ0v) is 15.7. The highest BCUT2D eigenvalue weighted by molar-refractivity contribution is 5.76. The summed E-state index contributed by atoms with van der Waals surface area (Å²) in [4.78, 5) is 12.1. The average molecular weight is 382 g/mol. The van der Waals surface area contributed by atoms with Gasteiger partial charge in [-0.3, -0.25) is 4.79 Å². The Morgan fingerprint density at radius 3 is 2.89 bits per heavy atom. The highest BCUT2D eigenvalue weighted by Gasteiger charge is 2.15. The summed E-state index contributed by atoms with van der Waals surface area (Å²) < 4.78 is 22.1. The Morgan fingerprint density at radius 1 is 1.21 bits per heavy atom. The number of nitrogens with zero attached hydrogens (tertiary/aromatic N) is 1. The molecule has 1 heterocycles. The quantitative estimate of drug-likeness (QED) is 0.706. The number of nitriles is 1. The number of rotatable bonds is 8. The molecule has 2 aromatic rings. The fraction of sp³-hybridized carbons (Fsp3) is 0.333. The van der Waals surface area contributed by atoms with Crippen LogP contribution in [0.25, 0.3) is 0 Å². The van der Waals surface area contributed by atoms with Crippen LogP contribution in [0.4, 0.5) is 0 Å². The molecule has 0 bridgehead atoms. The Morgan fingerprint density at radius 2 is 2.07 bits per heavy atom. The van der Waals surface area contributed by atoms with Crippen LogP contribution in [-0.4, -0.2) is 32.8 Å². The predicted octanol–water partition coefficient (Wildman–Crippen LogP) is 2.81. The topological polar surface area (TPSA) is 89.8 Å². The maximum absolute atomic E-state index is 12.1. The van der Waals surface area contributed by atoms with Crippen molar-refractivity contribution in [2.24, 2.45) is 0 Å². The minimum absolute atomic E-state index is 0.0651. The fourth-order valence-electron chi connectivity index (χ4n) is 2.83. The second kappa shape index (κ2) is 9.51. The van der Waals surface area contributed by atoms with E-state index in [0.717, 1.165) is 5.56 Å². The lowest BCUT2D eigenvalue weighted by atomic mass is 10.1. The molecule has 0 spiro atoms. The van der Waals surface area contributed by atoms with Crippen LogP contribution in [0.5, 0.6) is 23.0 Å². The van der Waals surface area contributed by atoms with E-state index >= 15 is 0 Å². The van der Waals surface area contributed by atoms with Crippen LogP contribution in [0.2, 0.25) is 0 Å². The Labute approximate surface area is 163 Å². The van der Waals surface area contributed by atoms with E-state index in [9.17, 15) is 4.79 Å². The van der Waals surface area contributed by atoms with Crippen molar-refractivity contribution in [2.45, 2.75) is 19.4 Å². The molecule has 1 aliphatic rings. The molecule has 1 aliphatic heterocycles. The second-order valence-corrected chi connectivity index (χ2v) is 6.15. The second-order valence-electron chi connectivity index (χ2n) is 6.15. The van der Waals surface area contributed by atoms with Crippen LogP contribution in [0.1, 0.15) is 24.0 Å². The molecule has 3 rings (SSSR count). The first kappa shape index (κ1) is 19.4. The summed E-state index contributed by atoms with van der Waals surface area (Å²) in [5.74, 6) is 2.40. The molecule has 28 heavy (non-hydrogen) atoms. The number of benzene rings is 2. The minimum atomic E-state index is -0.0651. The van der Waals surface area contributed by atoms with Crippen LogP contribution < -0.4 is 24.3 Å². The Kier molecular flexibility index (Phi) is 6.58. The molecule has 7 heteroatoms. The summed E-state index contributed by atoms with van der Waals surface area (Å²) in [6.45, 7) is 1.80. The van der Waals surface area contributed by atoms with E-state index in [1.807, 2.05) is 18.2 Å². The lowest BCUT2D eigenvalue weighted by Crippen LogP contribution is -2.24. The summed E-state index contributed by atoms with van der Waals surface area (Å²) in [5.41, 5.74) is 1.39. The molecular formula is C21H22N2O5. The molecule has 0 saturated heterocycles. The van der Waals surface area contributed by atoms with Gasteiger partial charge in [0.1, 0.15) is 13.2 Å². The first-order valence-corrected chi connectivity index (χ1v) is 9.06. The molecule has 146 valence electrons. The smallest absolute Gasteiger partial charge is 0.220 e. The molecule has 0 aliphatic carbocycles. The number of fused-ring (bicyclic) bond motifs is 1. The maximum Gasteiger partial charge on any atom is 0.220 e. The van der Waals surface area contributed by atoms with Crippen molar-refractivity contribution in [2.75, 3.05) is 26.9 Å². The lowest BCUT2D eigenvalue weighted by molar-refractivity contribution is -0.121. The van der Waals surface area contributed by atoms with Crippen molar-refractivity contribution in [3.63, 3.8) is 0 Å². The van der Waals surface area contributed by atoms with Gasteiger partial charge in [0.05, 0.1) is 25.3 Å². The molecule has 1 amide bonds. The number of hydrogen-bond donors (Lipinski definition) is 1. The van der Waals surface area contributed by atoms with E-state index in [2.05, 4.69) is 11.4 Å². The number of carbonyl (C=O) groups excluding carboxylic acids is 1. The summed E-state index contributed by atoms with van der Waals surface area (Å²) in [5, 5.41) is 11.8. The summed E-state index contributed by atoms with van der Waals surface area (Å²) in [6.07, 6.45) is 0.895. The number of para-hydroxylation sites is 1. The fourth-order valence-corrected chi connectivity index (χ4v) is 2.83. The van der Waals surface area contributed by atoms with Crippen molar-refractivity contribution in [3.8, 4) is 29.1 Å². The van der Waals surface area contributed by atoms with Crippen LogP contribution in [-0.2, 0) is 11.3 Å². The summed E-state index contributed by atoms with van der Waals surface area (Å²) in [7, 11) is 1.52. The normalized spacial score (nSPS) is 12.0. The third-order valence-electron chi connectivity index (χ3n) is 4.22. The van der Waals surface area contributed by atoms with Gasteiger partial charge in [-0.1, -0.05) is 12.1 Å². The zero-order chi connectivity index (χ0) is 19.8. The van der Waals surface area contributed by atoms with Gasteiger partial charge in [0.25, 0.3) is 0 Å². The van der Waals surface area contributed by atoms with Crippen molar-refractivity contribution < 1.29 is 23.7 Å². The van der Waals surface area contributed by atoms with Gasteiger partial charge in [0, 0.05) is 24.6 Å². The van der Waals surface area contributed by atoms with Gasteiger partial charge in [0.2, 0.25) is 5.91 Å². The van der Waals surface area contributed by atoms with E-state index in [-0.39, 0.29) is 5.91 Å². The third kappa shape index (κ3) is 4.86. The Bertz CT molecular complexity index is 876. The van der Waals surface area contributed by atoms with Gasteiger partial charge in [-0.05, 0) is 24.6 Å². The minimum Gasteiger partial charge on any atom is -0.493 e. The number of ether oxygens (including phenoxy) is 4. The van der Waals surface area contributed by atoms with E-state index in [4.69, 9.17) is 24.2 Å². The number of nitrogens with one attached hydrogen (secondary N) is 1. The third-order valence-corrected chi connectivity index (χ3v) is 4.22. The number of hydrogen-bond acceptors (Lipinski definition) is 6. The molecule has 0 saturated carbocycles. The van der Waals surface area contributed by atoms with Gasteiger partial charge in [0.15, 0.2) is 23.0 Å². The molecule has 2 aromatic carbocycles. The molecule has 1 N–H and O–H groups in total. The number of carbonyl (C=O) groups is 1.